The molecule has 0 radical (unpaired) electrons. The zero-order chi connectivity index (χ0) is 9.84. The maximum absolute atomic E-state index is 2.42. The number of hydrogen-bond donors (Lipinski definition) is 0. The molecule has 13 heavy (non-hydrogen) atoms. The maximum atomic E-state index is 2.42. The van der Waals surface area contributed by atoms with E-state index in [1.165, 1.54) is 19.3 Å². The van der Waals surface area contributed by atoms with E-state index in [-0.39, 0.29) is 0 Å². The van der Waals surface area contributed by atoms with Gasteiger partial charge in [0.15, 0.2) is 0 Å². The molecular weight excluding hydrogens is 156 g/mol. The van der Waals surface area contributed by atoms with Gasteiger partial charge in [-0.15, -0.1) is 0 Å². The second-order valence-electron chi connectivity index (χ2n) is 4.80. The molecule has 0 heteroatoms. The third-order valence-electron chi connectivity index (χ3n) is 3.32. The third kappa shape index (κ3) is 2.86. The van der Waals surface area contributed by atoms with Crippen LogP contribution in [0.4, 0.5) is 0 Å². The van der Waals surface area contributed by atoms with Crippen molar-refractivity contribution in [3.63, 3.8) is 0 Å². The van der Waals surface area contributed by atoms with Gasteiger partial charge in [-0.25, -0.2) is 0 Å². The van der Waals surface area contributed by atoms with Gasteiger partial charge < -0.3 is 0 Å². The van der Waals surface area contributed by atoms with Crippen LogP contribution in [0.2, 0.25) is 0 Å². The summed E-state index contributed by atoms with van der Waals surface area (Å²) in [5.74, 6) is 3.73. The van der Waals surface area contributed by atoms with Crippen LogP contribution < -0.4 is 0 Å². The van der Waals surface area contributed by atoms with Crippen molar-refractivity contribution in [2.45, 2.75) is 47.0 Å². The number of hydrogen-bond acceptors (Lipinski definition) is 0. The van der Waals surface area contributed by atoms with Crippen LogP contribution in [-0.4, -0.2) is 0 Å². The highest BCUT2D eigenvalue weighted by Gasteiger charge is 2.41. The largest absolute Gasteiger partial charge is 0.0914 e. The van der Waals surface area contributed by atoms with E-state index in [1.807, 2.05) is 0 Å². The lowest BCUT2D eigenvalue weighted by Crippen LogP contribution is -2.09. The number of allylic oxidation sites excluding steroid dienone is 2. The van der Waals surface area contributed by atoms with Gasteiger partial charge in [0.05, 0.1) is 0 Å². The summed E-state index contributed by atoms with van der Waals surface area (Å²) in [6.45, 7) is 9.15. The minimum absolute atomic E-state index is 0.822. The van der Waals surface area contributed by atoms with Crippen LogP contribution in [0.25, 0.3) is 0 Å². The van der Waals surface area contributed by atoms with E-state index in [0.29, 0.717) is 0 Å². The fourth-order valence-corrected chi connectivity index (χ4v) is 2.53. The molecule has 76 valence electrons. The maximum Gasteiger partial charge on any atom is -0.0179 e. The topological polar surface area (TPSA) is 0 Å². The van der Waals surface area contributed by atoms with Crippen LogP contribution >= 0.6 is 0 Å². The summed E-state index contributed by atoms with van der Waals surface area (Å²) in [4.78, 5) is 0. The highest BCUT2D eigenvalue weighted by atomic mass is 14.5. The van der Waals surface area contributed by atoms with Crippen molar-refractivity contribution in [2.75, 3.05) is 0 Å². The smallest absolute Gasteiger partial charge is 0.0179 e. The van der Waals surface area contributed by atoms with Crippen LogP contribution in [-0.2, 0) is 0 Å². The van der Waals surface area contributed by atoms with Gasteiger partial charge in [-0.1, -0.05) is 45.8 Å². The standard InChI is InChI=1S/C13H24/c1-5-7-11-9-13(11)12(8-6-2)10(3)4/h6,8,10-13H,5,7,9H2,1-4H3. The van der Waals surface area contributed by atoms with Gasteiger partial charge in [-0.05, 0) is 37.0 Å². The Hall–Kier alpha value is -0.260. The second-order valence-corrected chi connectivity index (χ2v) is 4.80. The molecule has 1 rings (SSSR count). The first-order valence-electron chi connectivity index (χ1n) is 5.83. The molecule has 0 nitrogen and oxygen atoms in total. The molecule has 0 bridgehead atoms. The quantitative estimate of drug-likeness (QED) is 0.554. The fourth-order valence-electron chi connectivity index (χ4n) is 2.53. The normalized spacial score (nSPS) is 29.9. The Labute approximate surface area is 83.4 Å². The molecule has 1 aliphatic rings. The molecule has 0 aromatic rings. The van der Waals surface area contributed by atoms with E-state index in [2.05, 4.69) is 39.8 Å². The van der Waals surface area contributed by atoms with Crippen molar-refractivity contribution in [3.05, 3.63) is 12.2 Å². The van der Waals surface area contributed by atoms with E-state index in [0.717, 1.165) is 23.7 Å². The van der Waals surface area contributed by atoms with Crippen LogP contribution in [0.15, 0.2) is 12.2 Å². The van der Waals surface area contributed by atoms with Crippen molar-refractivity contribution in [1.29, 1.82) is 0 Å². The predicted molar refractivity (Wildman–Crippen MR) is 59.6 cm³/mol. The van der Waals surface area contributed by atoms with Gasteiger partial charge in [0.2, 0.25) is 0 Å². The lowest BCUT2D eigenvalue weighted by atomic mass is 9.89. The molecule has 0 aliphatic heterocycles. The third-order valence-corrected chi connectivity index (χ3v) is 3.32. The van der Waals surface area contributed by atoms with Gasteiger partial charge in [0.25, 0.3) is 0 Å². The molecule has 0 amide bonds. The van der Waals surface area contributed by atoms with E-state index in [9.17, 15) is 0 Å². The molecule has 3 unspecified atom stereocenters. The van der Waals surface area contributed by atoms with Crippen molar-refractivity contribution in [2.24, 2.45) is 23.7 Å². The lowest BCUT2D eigenvalue weighted by molar-refractivity contribution is 0.391. The molecule has 0 saturated heterocycles. The Balaban J connectivity index is 2.40. The average Bonchev–Trinajstić information content (AvgIpc) is 2.80. The summed E-state index contributed by atoms with van der Waals surface area (Å²) in [6, 6.07) is 0. The van der Waals surface area contributed by atoms with E-state index in [4.69, 9.17) is 0 Å². The monoisotopic (exact) mass is 180 g/mol. The Kier molecular flexibility index (Phi) is 4.02. The van der Waals surface area contributed by atoms with Gasteiger partial charge >= 0.3 is 0 Å². The Bertz CT molecular complexity index is 167. The Morgan fingerprint density at radius 2 is 2.08 bits per heavy atom. The Morgan fingerprint density at radius 1 is 1.38 bits per heavy atom. The van der Waals surface area contributed by atoms with Gasteiger partial charge in [0, 0.05) is 0 Å². The molecule has 3 atom stereocenters. The summed E-state index contributed by atoms with van der Waals surface area (Å²) in [6.07, 6.45) is 8.95. The summed E-state index contributed by atoms with van der Waals surface area (Å²) >= 11 is 0. The number of rotatable bonds is 5. The van der Waals surface area contributed by atoms with Crippen molar-refractivity contribution >= 4 is 0 Å². The molecule has 0 spiro atoms. The zero-order valence-electron chi connectivity index (χ0n) is 9.59. The highest BCUT2D eigenvalue weighted by Crippen LogP contribution is 2.49. The summed E-state index contributed by atoms with van der Waals surface area (Å²) in [7, 11) is 0. The second kappa shape index (κ2) is 4.83. The lowest BCUT2D eigenvalue weighted by Gasteiger charge is -2.16. The van der Waals surface area contributed by atoms with Crippen LogP contribution in [0.5, 0.6) is 0 Å². The summed E-state index contributed by atoms with van der Waals surface area (Å²) in [5.41, 5.74) is 0. The van der Waals surface area contributed by atoms with Crippen LogP contribution in [0.3, 0.4) is 0 Å². The first kappa shape index (κ1) is 10.8. The zero-order valence-corrected chi connectivity index (χ0v) is 9.59. The van der Waals surface area contributed by atoms with Crippen molar-refractivity contribution < 1.29 is 0 Å². The molecule has 1 saturated carbocycles. The predicted octanol–water partition coefficient (Wildman–Crippen LogP) is 4.27. The molecular formula is C13H24. The van der Waals surface area contributed by atoms with Crippen molar-refractivity contribution in [1.82, 2.24) is 0 Å². The first-order valence-corrected chi connectivity index (χ1v) is 5.83. The highest BCUT2D eigenvalue weighted by molar-refractivity contribution is 5.00. The van der Waals surface area contributed by atoms with E-state index < -0.39 is 0 Å². The van der Waals surface area contributed by atoms with E-state index in [1.54, 1.807) is 0 Å². The molecule has 0 aromatic carbocycles. The average molecular weight is 180 g/mol. The minimum atomic E-state index is 0.822. The summed E-state index contributed by atoms with van der Waals surface area (Å²) in [5, 5.41) is 0. The van der Waals surface area contributed by atoms with Gasteiger partial charge in [0.1, 0.15) is 0 Å². The minimum Gasteiger partial charge on any atom is -0.0914 e. The first-order chi connectivity index (χ1) is 6.20. The molecule has 1 fully saturated rings. The molecule has 1 aliphatic carbocycles. The van der Waals surface area contributed by atoms with Gasteiger partial charge in [-0.3, -0.25) is 0 Å². The van der Waals surface area contributed by atoms with Crippen molar-refractivity contribution in [3.8, 4) is 0 Å². The molecule has 0 heterocycles. The molecule has 0 aromatic heterocycles. The SMILES string of the molecule is CC=CC(C(C)C)C1CC1CCC. The van der Waals surface area contributed by atoms with Gasteiger partial charge in [-0.2, -0.15) is 0 Å². The summed E-state index contributed by atoms with van der Waals surface area (Å²) < 4.78 is 0. The van der Waals surface area contributed by atoms with Crippen LogP contribution in [0, 0.1) is 23.7 Å². The fraction of sp³-hybridized carbons (Fsp3) is 0.846. The molecule has 0 N–H and O–H groups in total. The van der Waals surface area contributed by atoms with E-state index >= 15 is 0 Å². The Morgan fingerprint density at radius 3 is 2.54 bits per heavy atom. The van der Waals surface area contributed by atoms with Crippen LogP contribution in [0.1, 0.15) is 47.0 Å².